The molecule has 0 radical (unpaired) electrons. The van der Waals surface area contributed by atoms with Crippen LogP contribution < -0.4 is 0 Å². The molecule has 10 heteroatoms. The average Bonchev–Trinajstić information content (AvgIpc) is 3.18. The van der Waals surface area contributed by atoms with E-state index in [2.05, 4.69) is 10.2 Å². The van der Waals surface area contributed by atoms with Gasteiger partial charge in [0, 0.05) is 22.4 Å². The van der Waals surface area contributed by atoms with Crippen LogP contribution in [0.5, 0.6) is 5.88 Å². The summed E-state index contributed by atoms with van der Waals surface area (Å²) in [6, 6.07) is 15.4. The van der Waals surface area contributed by atoms with Crippen LogP contribution in [0.1, 0.15) is 39.7 Å². The minimum atomic E-state index is -4.56. The van der Waals surface area contributed by atoms with Crippen LogP contribution in [0.3, 0.4) is 0 Å². The molecule has 0 aliphatic heterocycles. The van der Waals surface area contributed by atoms with Crippen LogP contribution in [0, 0.1) is 25.6 Å². The summed E-state index contributed by atoms with van der Waals surface area (Å²) in [5.74, 6) is -3.26. The minimum Gasteiger partial charge on any atom is -0.493 e. The summed E-state index contributed by atoms with van der Waals surface area (Å²) in [7, 11) is 0. The molecule has 0 bridgehead atoms. The van der Waals surface area contributed by atoms with Crippen molar-refractivity contribution in [2.45, 2.75) is 33.4 Å². The number of hydrogen-bond donors (Lipinski definition) is 2. The number of benzene rings is 3. The van der Waals surface area contributed by atoms with E-state index >= 15 is 4.39 Å². The standard InChI is InChI=1S/C31H25F4N3O3/c1-16-10-11-21(12-17(16)2)38-26-15-24(31(33,34)35)18(3)13-23(26)28(29(38)39)37-36-25-9-5-8-22(27(25)32)19-6-4-7-20(14-19)30(40)41/h4-12,14-15,18,39H,13H2,1-3H3,(H,40,41). The number of azo groups is 1. The van der Waals surface area contributed by atoms with Gasteiger partial charge in [0.1, 0.15) is 5.69 Å². The summed E-state index contributed by atoms with van der Waals surface area (Å²) in [6.07, 6.45) is -3.60. The molecule has 1 aromatic heterocycles. The van der Waals surface area contributed by atoms with Crippen LogP contribution >= 0.6 is 0 Å². The third-order valence-corrected chi connectivity index (χ3v) is 7.33. The van der Waals surface area contributed by atoms with Crippen LogP contribution in [0.4, 0.5) is 28.9 Å². The first-order valence-electron chi connectivity index (χ1n) is 12.7. The van der Waals surface area contributed by atoms with Gasteiger partial charge in [-0.3, -0.25) is 4.57 Å². The zero-order valence-electron chi connectivity index (χ0n) is 22.3. The summed E-state index contributed by atoms with van der Waals surface area (Å²) >= 11 is 0. The van der Waals surface area contributed by atoms with Gasteiger partial charge < -0.3 is 10.2 Å². The molecule has 1 aliphatic rings. The number of hydrogen-bond acceptors (Lipinski definition) is 4. The second kappa shape index (κ2) is 10.3. The molecule has 2 N–H and O–H groups in total. The van der Waals surface area contributed by atoms with Gasteiger partial charge >= 0.3 is 12.1 Å². The van der Waals surface area contributed by atoms with Crippen molar-refractivity contribution in [1.82, 2.24) is 4.57 Å². The van der Waals surface area contributed by atoms with Crippen molar-refractivity contribution in [3.63, 3.8) is 0 Å². The number of fused-ring (bicyclic) bond motifs is 1. The first-order valence-corrected chi connectivity index (χ1v) is 12.7. The Balaban J connectivity index is 1.65. The maximum absolute atomic E-state index is 15.5. The number of aromatic carboxylic acids is 1. The lowest BCUT2D eigenvalue weighted by atomic mass is 9.86. The van der Waals surface area contributed by atoms with E-state index in [9.17, 15) is 28.2 Å². The Morgan fingerprint density at radius 1 is 1.00 bits per heavy atom. The van der Waals surface area contributed by atoms with Crippen molar-refractivity contribution < 1.29 is 32.6 Å². The fourth-order valence-electron chi connectivity index (χ4n) is 5.01. The van der Waals surface area contributed by atoms with Gasteiger partial charge in [-0.2, -0.15) is 13.2 Å². The van der Waals surface area contributed by atoms with E-state index in [4.69, 9.17) is 0 Å². The van der Waals surface area contributed by atoms with Crippen LogP contribution in [-0.2, 0) is 6.42 Å². The van der Waals surface area contributed by atoms with E-state index in [0.717, 1.165) is 17.2 Å². The fraction of sp³-hybridized carbons (Fsp3) is 0.194. The second-order valence-corrected chi connectivity index (χ2v) is 10.1. The molecule has 3 aromatic carbocycles. The van der Waals surface area contributed by atoms with Crippen molar-refractivity contribution in [2.75, 3.05) is 0 Å². The largest absolute Gasteiger partial charge is 0.493 e. The third-order valence-electron chi connectivity index (χ3n) is 7.33. The summed E-state index contributed by atoms with van der Waals surface area (Å²) in [4.78, 5) is 11.4. The number of aryl methyl sites for hydroxylation is 2. The number of alkyl halides is 3. The molecule has 0 fully saturated rings. The van der Waals surface area contributed by atoms with Crippen molar-refractivity contribution in [3.8, 4) is 22.7 Å². The lowest BCUT2D eigenvalue weighted by Gasteiger charge is -2.24. The molecule has 210 valence electrons. The van der Waals surface area contributed by atoms with Gasteiger partial charge in [-0.1, -0.05) is 37.3 Å². The molecule has 4 aromatic rings. The highest BCUT2D eigenvalue weighted by Gasteiger charge is 2.41. The summed E-state index contributed by atoms with van der Waals surface area (Å²) in [6.45, 7) is 5.20. The van der Waals surface area contributed by atoms with E-state index in [0.29, 0.717) is 16.8 Å². The van der Waals surface area contributed by atoms with Crippen LogP contribution in [0.25, 0.3) is 22.9 Å². The molecule has 1 aliphatic carbocycles. The number of carbonyl (C=O) groups is 1. The van der Waals surface area contributed by atoms with E-state index in [1.165, 1.54) is 47.9 Å². The number of aromatic hydroxyl groups is 1. The first-order chi connectivity index (χ1) is 19.4. The molecule has 1 atom stereocenters. The molecule has 41 heavy (non-hydrogen) atoms. The maximum Gasteiger partial charge on any atom is 0.413 e. The quantitative estimate of drug-likeness (QED) is 0.188. The fourth-order valence-corrected chi connectivity index (χ4v) is 5.01. The smallest absolute Gasteiger partial charge is 0.413 e. The molecule has 0 spiro atoms. The zero-order chi connectivity index (χ0) is 29.6. The van der Waals surface area contributed by atoms with E-state index in [-0.39, 0.29) is 34.6 Å². The van der Waals surface area contributed by atoms with Gasteiger partial charge in [-0.15, -0.1) is 10.2 Å². The predicted octanol–water partition coefficient (Wildman–Crippen LogP) is 8.86. The highest BCUT2D eigenvalue weighted by molar-refractivity contribution is 5.89. The topological polar surface area (TPSA) is 87.2 Å². The molecule has 5 rings (SSSR count). The molecule has 0 saturated carbocycles. The van der Waals surface area contributed by atoms with E-state index in [1.807, 2.05) is 13.8 Å². The number of carboxylic acid groups (broad SMARTS) is 1. The van der Waals surface area contributed by atoms with Gasteiger partial charge in [0.25, 0.3) is 0 Å². The molecule has 1 heterocycles. The highest BCUT2D eigenvalue weighted by atomic mass is 19.4. The van der Waals surface area contributed by atoms with Crippen LogP contribution in [0.15, 0.2) is 76.5 Å². The summed E-state index contributed by atoms with van der Waals surface area (Å²) < 4.78 is 58.4. The Morgan fingerprint density at radius 2 is 1.73 bits per heavy atom. The SMILES string of the molecule is Cc1ccc(-n2c(O)c(N=Nc3cccc(-c4cccc(C(=O)O)c4)c3F)c3c2C=C(C(F)(F)F)C(C)C3)cc1C. The maximum atomic E-state index is 15.5. The van der Waals surface area contributed by atoms with Gasteiger partial charge in [0.15, 0.2) is 11.5 Å². The monoisotopic (exact) mass is 563 g/mol. The normalized spacial score (nSPS) is 15.2. The number of allylic oxidation sites excluding steroid dienone is 1. The Hall–Kier alpha value is -4.73. The van der Waals surface area contributed by atoms with Gasteiger partial charge in [0.05, 0.1) is 11.3 Å². The van der Waals surface area contributed by atoms with Gasteiger partial charge in [0.2, 0.25) is 5.88 Å². The Morgan fingerprint density at radius 3 is 2.41 bits per heavy atom. The molecule has 6 nitrogen and oxygen atoms in total. The van der Waals surface area contributed by atoms with Gasteiger partial charge in [-0.25, -0.2) is 9.18 Å². The number of carboxylic acids is 1. The zero-order valence-corrected chi connectivity index (χ0v) is 22.3. The lowest BCUT2D eigenvalue weighted by Crippen LogP contribution is -2.23. The highest BCUT2D eigenvalue weighted by Crippen LogP contribution is 2.48. The minimum absolute atomic E-state index is 0.0152. The number of halogens is 4. The average molecular weight is 564 g/mol. The van der Waals surface area contributed by atoms with E-state index in [1.54, 1.807) is 24.3 Å². The summed E-state index contributed by atoms with van der Waals surface area (Å²) in [5, 5.41) is 28.8. The molecule has 1 unspecified atom stereocenters. The van der Waals surface area contributed by atoms with Crippen molar-refractivity contribution in [3.05, 3.63) is 100 Å². The molecular weight excluding hydrogens is 538 g/mol. The predicted molar refractivity (Wildman–Crippen MR) is 147 cm³/mol. The van der Waals surface area contributed by atoms with Crippen LogP contribution in [0.2, 0.25) is 0 Å². The second-order valence-electron chi connectivity index (χ2n) is 10.1. The number of nitrogens with zero attached hydrogens (tertiary/aromatic N) is 3. The van der Waals surface area contributed by atoms with Crippen molar-refractivity contribution in [1.29, 1.82) is 0 Å². The molecular formula is C31H25F4N3O3. The lowest BCUT2D eigenvalue weighted by molar-refractivity contribution is -0.0975. The van der Waals surface area contributed by atoms with Crippen molar-refractivity contribution >= 4 is 23.4 Å². The summed E-state index contributed by atoms with van der Waals surface area (Å²) in [5.41, 5.74) is 2.21. The Bertz CT molecular complexity index is 1750. The van der Waals surface area contributed by atoms with Crippen LogP contribution in [-0.4, -0.2) is 26.9 Å². The molecule has 0 saturated heterocycles. The Labute approximate surface area is 232 Å². The Kier molecular flexibility index (Phi) is 7.02. The first kappa shape index (κ1) is 27.8. The van der Waals surface area contributed by atoms with Gasteiger partial charge in [-0.05, 0) is 79.3 Å². The number of aromatic nitrogens is 1. The number of rotatable bonds is 5. The van der Waals surface area contributed by atoms with E-state index < -0.39 is 35.3 Å². The molecule has 0 amide bonds. The third kappa shape index (κ3) is 5.13. The van der Waals surface area contributed by atoms with Crippen molar-refractivity contribution in [2.24, 2.45) is 16.1 Å².